The van der Waals surface area contributed by atoms with E-state index in [9.17, 15) is 9.59 Å². The van der Waals surface area contributed by atoms with E-state index in [1.807, 2.05) is 0 Å². The van der Waals surface area contributed by atoms with E-state index < -0.39 is 18.9 Å². The van der Waals surface area contributed by atoms with Crippen LogP contribution in [0.25, 0.3) is 0 Å². The average molecular weight is 162 g/mol. The third kappa shape index (κ3) is 6.63. The minimum Gasteiger partial charge on any atom is -0.435 e. The van der Waals surface area contributed by atoms with Crippen LogP contribution in [-0.4, -0.2) is 25.5 Å². The quantitative estimate of drug-likeness (QED) is 0.451. The molecule has 0 saturated carbocycles. The molecule has 0 aliphatic rings. The third-order valence-corrected chi connectivity index (χ3v) is 0.701. The summed E-state index contributed by atoms with van der Waals surface area (Å²) < 4.78 is 13.0. The van der Waals surface area contributed by atoms with Crippen LogP contribution in [0.1, 0.15) is 13.8 Å². The Labute approximate surface area is 64.2 Å². The highest BCUT2D eigenvalue weighted by molar-refractivity contribution is 5.66. The number of esters is 1. The van der Waals surface area contributed by atoms with Gasteiger partial charge < -0.3 is 14.2 Å². The molecule has 0 amide bonds. The van der Waals surface area contributed by atoms with Crippen molar-refractivity contribution in [3.05, 3.63) is 0 Å². The lowest BCUT2D eigenvalue weighted by Crippen LogP contribution is -2.11. The van der Waals surface area contributed by atoms with Crippen molar-refractivity contribution in [3.63, 3.8) is 0 Å². The van der Waals surface area contributed by atoms with Gasteiger partial charge in [-0.2, -0.15) is 0 Å². The summed E-state index contributed by atoms with van der Waals surface area (Å²) >= 11 is 0. The van der Waals surface area contributed by atoms with Crippen molar-refractivity contribution in [1.82, 2.24) is 0 Å². The van der Waals surface area contributed by atoms with Gasteiger partial charge in [-0.05, 0) is 6.92 Å². The maximum atomic E-state index is 10.4. The second-order valence-electron chi connectivity index (χ2n) is 1.58. The van der Waals surface area contributed by atoms with Gasteiger partial charge in [0.2, 0.25) is 6.79 Å². The molecule has 0 aromatic carbocycles. The van der Waals surface area contributed by atoms with E-state index in [0.29, 0.717) is 0 Å². The van der Waals surface area contributed by atoms with Crippen molar-refractivity contribution in [2.45, 2.75) is 13.8 Å². The zero-order valence-electron chi connectivity index (χ0n) is 6.46. The Morgan fingerprint density at radius 1 is 1.18 bits per heavy atom. The van der Waals surface area contributed by atoms with Crippen molar-refractivity contribution in [1.29, 1.82) is 0 Å². The van der Waals surface area contributed by atoms with E-state index in [2.05, 4.69) is 14.2 Å². The first-order valence-electron chi connectivity index (χ1n) is 3.09. The standard InChI is InChI=1S/C6H10O5/c1-3-9-6(8)11-4-10-5(2)7/h3-4H2,1-2H3. The summed E-state index contributed by atoms with van der Waals surface area (Å²) in [5, 5.41) is 0. The van der Waals surface area contributed by atoms with Gasteiger partial charge in [-0.15, -0.1) is 0 Å². The van der Waals surface area contributed by atoms with Crippen LogP contribution in [0.5, 0.6) is 0 Å². The van der Waals surface area contributed by atoms with Crippen LogP contribution in [-0.2, 0) is 19.0 Å². The average Bonchev–Trinajstić information content (AvgIpc) is 1.87. The number of ether oxygens (including phenoxy) is 3. The summed E-state index contributed by atoms with van der Waals surface area (Å²) in [4.78, 5) is 20.5. The lowest BCUT2D eigenvalue weighted by Gasteiger charge is -2.02. The maximum absolute atomic E-state index is 10.4. The fourth-order valence-corrected chi connectivity index (χ4v) is 0.320. The van der Waals surface area contributed by atoms with Gasteiger partial charge in [0.1, 0.15) is 0 Å². The Bertz CT molecular complexity index is 142. The fraction of sp³-hybridized carbons (Fsp3) is 0.667. The van der Waals surface area contributed by atoms with E-state index >= 15 is 0 Å². The molecule has 5 heteroatoms. The SMILES string of the molecule is CCOC(=O)OCOC(C)=O. The third-order valence-electron chi connectivity index (χ3n) is 0.701. The first-order valence-corrected chi connectivity index (χ1v) is 3.09. The molecular formula is C6H10O5. The van der Waals surface area contributed by atoms with Gasteiger partial charge >= 0.3 is 12.1 Å². The van der Waals surface area contributed by atoms with Gasteiger partial charge in [0.15, 0.2) is 0 Å². The molecule has 0 aliphatic heterocycles. The summed E-state index contributed by atoms with van der Waals surface area (Å²) in [6.45, 7) is 2.70. The summed E-state index contributed by atoms with van der Waals surface area (Å²) in [5.41, 5.74) is 0. The predicted molar refractivity (Wildman–Crippen MR) is 34.7 cm³/mol. The van der Waals surface area contributed by atoms with Crippen molar-refractivity contribution in [3.8, 4) is 0 Å². The number of hydrogen-bond donors (Lipinski definition) is 0. The van der Waals surface area contributed by atoms with Crippen LogP contribution in [0.15, 0.2) is 0 Å². The zero-order valence-corrected chi connectivity index (χ0v) is 6.46. The second-order valence-corrected chi connectivity index (χ2v) is 1.58. The molecule has 5 nitrogen and oxygen atoms in total. The van der Waals surface area contributed by atoms with Crippen molar-refractivity contribution in [2.75, 3.05) is 13.4 Å². The normalized spacial score (nSPS) is 8.55. The van der Waals surface area contributed by atoms with Gasteiger partial charge in [0, 0.05) is 6.92 Å². The van der Waals surface area contributed by atoms with E-state index in [-0.39, 0.29) is 6.61 Å². The number of carbonyl (C=O) groups excluding carboxylic acids is 2. The van der Waals surface area contributed by atoms with Crippen molar-refractivity contribution < 1.29 is 23.8 Å². The molecule has 0 heterocycles. The first kappa shape index (κ1) is 9.74. The van der Waals surface area contributed by atoms with Crippen molar-refractivity contribution >= 4 is 12.1 Å². The highest BCUT2D eigenvalue weighted by atomic mass is 16.8. The molecule has 0 atom stereocenters. The Morgan fingerprint density at radius 2 is 1.82 bits per heavy atom. The Morgan fingerprint density at radius 3 is 2.27 bits per heavy atom. The number of rotatable bonds is 3. The molecule has 0 N–H and O–H groups in total. The largest absolute Gasteiger partial charge is 0.511 e. The monoisotopic (exact) mass is 162 g/mol. The van der Waals surface area contributed by atoms with Gasteiger partial charge in [0.05, 0.1) is 6.61 Å². The Hall–Kier alpha value is -1.26. The van der Waals surface area contributed by atoms with E-state index in [4.69, 9.17) is 0 Å². The predicted octanol–water partition coefficient (Wildman–Crippen LogP) is 0.680. The van der Waals surface area contributed by atoms with Crippen LogP contribution in [0.4, 0.5) is 4.79 Å². The van der Waals surface area contributed by atoms with Crippen LogP contribution >= 0.6 is 0 Å². The summed E-state index contributed by atoms with van der Waals surface area (Å²) in [5.74, 6) is -0.505. The summed E-state index contributed by atoms with van der Waals surface area (Å²) in [6.07, 6.45) is -0.839. The van der Waals surface area contributed by atoms with E-state index in [0.717, 1.165) is 0 Å². The highest BCUT2D eigenvalue weighted by Crippen LogP contribution is 1.85. The highest BCUT2D eigenvalue weighted by Gasteiger charge is 2.01. The fourth-order valence-electron chi connectivity index (χ4n) is 0.320. The van der Waals surface area contributed by atoms with E-state index in [1.54, 1.807) is 6.92 Å². The van der Waals surface area contributed by atoms with Gasteiger partial charge in [0.25, 0.3) is 0 Å². The van der Waals surface area contributed by atoms with Crippen LogP contribution in [0, 0.1) is 0 Å². The lowest BCUT2D eigenvalue weighted by atomic mass is 10.8. The molecule has 0 spiro atoms. The molecule has 0 aliphatic carbocycles. The minimum absolute atomic E-state index is 0.235. The molecule has 0 radical (unpaired) electrons. The molecule has 0 bridgehead atoms. The van der Waals surface area contributed by atoms with Gasteiger partial charge in [-0.25, -0.2) is 4.79 Å². The molecule has 0 rings (SSSR count). The molecule has 0 aromatic heterocycles. The molecule has 0 saturated heterocycles. The minimum atomic E-state index is -0.839. The zero-order chi connectivity index (χ0) is 8.69. The maximum Gasteiger partial charge on any atom is 0.511 e. The molecule has 0 unspecified atom stereocenters. The second kappa shape index (κ2) is 5.52. The number of hydrogen-bond acceptors (Lipinski definition) is 5. The topological polar surface area (TPSA) is 61.8 Å². The Balaban J connectivity index is 3.24. The lowest BCUT2D eigenvalue weighted by molar-refractivity contribution is -0.150. The molecule has 64 valence electrons. The van der Waals surface area contributed by atoms with Crippen molar-refractivity contribution in [2.24, 2.45) is 0 Å². The molecular weight excluding hydrogens is 152 g/mol. The Kier molecular flexibility index (Phi) is 4.89. The summed E-state index contributed by atoms with van der Waals surface area (Å²) in [6, 6.07) is 0. The van der Waals surface area contributed by atoms with Gasteiger partial charge in [-0.3, -0.25) is 4.79 Å². The molecule has 0 aromatic rings. The van der Waals surface area contributed by atoms with E-state index in [1.165, 1.54) is 6.92 Å². The van der Waals surface area contributed by atoms with Crippen LogP contribution in [0.3, 0.4) is 0 Å². The smallest absolute Gasteiger partial charge is 0.435 e. The number of carbonyl (C=O) groups is 2. The van der Waals surface area contributed by atoms with Crippen LogP contribution < -0.4 is 0 Å². The first-order chi connectivity index (χ1) is 5.16. The molecule has 0 fully saturated rings. The summed E-state index contributed by atoms with van der Waals surface area (Å²) in [7, 11) is 0. The molecule has 11 heavy (non-hydrogen) atoms. The van der Waals surface area contributed by atoms with Gasteiger partial charge in [-0.1, -0.05) is 0 Å². The van der Waals surface area contributed by atoms with Crippen LogP contribution in [0.2, 0.25) is 0 Å².